The van der Waals surface area contributed by atoms with Crippen molar-refractivity contribution in [2.75, 3.05) is 7.05 Å². The highest BCUT2D eigenvalue weighted by molar-refractivity contribution is 7.17. The van der Waals surface area contributed by atoms with E-state index in [9.17, 15) is 4.79 Å². The summed E-state index contributed by atoms with van der Waals surface area (Å²) in [7, 11) is 1.80. The van der Waals surface area contributed by atoms with E-state index < -0.39 is 0 Å². The Morgan fingerprint density at radius 3 is 2.89 bits per heavy atom. The number of aromatic nitrogens is 4. The Morgan fingerprint density at radius 2 is 2.11 bits per heavy atom. The predicted octanol–water partition coefficient (Wildman–Crippen LogP) is 3.61. The zero-order chi connectivity index (χ0) is 19.0. The summed E-state index contributed by atoms with van der Waals surface area (Å²) in [6.45, 7) is 5.13. The smallest absolute Gasteiger partial charge is 0.266 e. The molecule has 0 atom stereocenters. The zero-order valence-electron chi connectivity index (χ0n) is 15.9. The van der Waals surface area contributed by atoms with Crippen LogP contribution in [-0.2, 0) is 19.5 Å². The number of aryl methyl sites for hydroxylation is 3. The van der Waals surface area contributed by atoms with Gasteiger partial charge in [0, 0.05) is 20.0 Å². The van der Waals surface area contributed by atoms with Crippen molar-refractivity contribution in [2.24, 2.45) is 0 Å². The zero-order valence-corrected chi connectivity index (χ0v) is 16.7. The van der Waals surface area contributed by atoms with Crippen molar-refractivity contribution in [3.8, 4) is 10.8 Å². The number of thiazole rings is 1. The molecule has 0 radical (unpaired) electrons. The van der Waals surface area contributed by atoms with Crippen molar-refractivity contribution in [3.05, 3.63) is 40.1 Å². The summed E-state index contributed by atoms with van der Waals surface area (Å²) in [6.07, 6.45) is 4.47. The molecule has 7 nitrogen and oxygen atoms in total. The van der Waals surface area contributed by atoms with Gasteiger partial charge in [0.05, 0.1) is 12.2 Å². The lowest BCUT2D eigenvalue weighted by Crippen LogP contribution is -2.27. The van der Waals surface area contributed by atoms with E-state index in [0.29, 0.717) is 17.2 Å². The maximum absolute atomic E-state index is 13.0. The molecule has 4 rings (SSSR count). The second kappa shape index (κ2) is 7.26. The predicted molar refractivity (Wildman–Crippen MR) is 103 cm³/mol. The van der Waals surface area contributed by atoms with E-state index in [1.807, 2.05) is 26.0 Å². The molecular formula is C19H23N5O2S. The molecule has 4 heterocycles. The lowest BCUT2D eigenvalue weighted by Gasteiger charge is -2.17. The lowest BCUT2D eigenvalue weighted by atomic mass is 10.2. The van der Waals surface area contributed by atoms with Crippen LogP contribution < -0.4 is 0 Å². The summed E-state index contributed by atoms with van der Waals surface area (Å²) in [5, 5.41) is 9.37. The van der Waals surface area contributed by atoms with Crippen LogP contribution in [0.1, 0.15) is 52.0 Å². The first-order chi connectivity index (χ1) is 13.0. The summed E-state index contributed by atoms with van der Waals surface area (Å²) in [4.78, 5) is 19.8. The normalized spacial score (nSPS) is 14.0. The van der Waals surface area contributed by atoms with Crippen molar-refractivity contribution in [3.63, 3.8) is 0 Å². The van der Waals surface area contributed by atoms with Gasteiger partial charge in [-0.1, -0.05) is 6.42 Å². The minimum absolute atomic E-state index is 0.0505. The molecule has 0 fully saturated rings. The number of nitrogens with zero attached hydrogens (tertiary/aromatic N) is 5. The van der Waals surface area contributed by atoms with Crippen molar-refractivity contribution in [1.82, 2.24) is 24.6 Å². The van der Waals surface area contributed by atoms with E-state index in [4.69, 9.17) is 4.42 Å². The molecule has 142 valence electrons. The van der Waals surface area contributed by atoms with E-state index in [1.54, 1.807) is 11.9 Å². The van der Waals surface area contributed by atoms with E-state index >= 15 is 0 Å². The van der Waals surface area contributed by atoms with Crippen molar-refractivity contribution < 1.29 is 9.21 Å². The van der Waals surface area contributed by atoms with Gasteiger partial charge in [-0.2, -0.15) is 0 Å². The molecule has 0 bridgehead atoms. The van der Waals surface area contributed by atoms with Crippen LogP contribution in [0.2, 0.25) is 0 Å². The van der Waals surface area contributed by atoms with Crippen LogP contribution in [0.25, 0.3) is 10.8 Å². The van der Waals surface area contributed by atoms with Gasteiger partial charge in [-0.05, 0) is 38.8 Å². The van der Waals surface area contributed by atoms with Crippen molar-refractivity contribution in [2.45, 2.75) is 52.6 Å². The Balaban J connectivity index is 1.53. The number of fused-ring (bicyclic) bond motifs is 1. The maximum Gasteiger partial charge on any atom is 0.266 e. The number of hydrogen-bond donors (Lipinski definition) is 0. The summed E-state index contributed by atoms with van der Waals surface area (Å²) >= 11 is 1.37. The van der Waals surface area contributed by atoms with Gasteiger partial charge in [0.25, 0.3) is 5.91 Å². The van der Waals surface area contributed by atoms with Gasteiger partial charge in [-0.15, -0.1) is 21.5 Å². The van der Waals surface area contributed by atoms with E-state index in [1.165, 1.54) is 17.8 Å². The van der Waals surface area contributed by atoms with Crippen LogP contribution >= 0.6 is 11.3 Å². The SMILES string of the molecule is Cc1ccc(-c2nc(C)c(C(=O)N(C)Cc3nnc4n3CCCCC4)s2)o1. The fourth-order valence-electron chi connectivity index (χ4n) is 3.37. The molecular weight excluding hydrogens is 362 g/mol. The molecule has 1 aliphatic heterocycles. The molecule has 0 aliphatic carbocycles. The molecule has 1 amide bonds. The second-order valence-corrected chi connectivity index (χ2v) is 8.00. The van der Waals surface area contributed by atoms with Crippen LogP contribution in [0.3, 0.4) is 0 Å². The number of carbonyl (C=O) groups excluding carboxylic acids is 1. The quantitative estimate of drug-likeness (QED) is 0.686. The molecule has 8 heteroatoms. The molecule has 0 saturated heterocycles. The standard InChI is InChI=1S/C19H23N5O2S/c1-12-8-9-14(26-12)18-20-13(2)17(27-18)19(25)23(3)11-16-22-21-15-7-5-4-6-10-24(15)16/h8-9H,4-7,10-11H2,1-3H3. The van der Waals surface area contributed by atoms with E-state index in [0.717, 1.165) is 53.9 Å². The Hall–Kier alpha value is -2.48. The molecule has 0 N–H and O–H groups in total. The Morgan fingerprint density at radius 1 is 1.26 bits per heavy atom. The van der Waals surface area contributed by atoms with Gasteiger partial charge in [0.1, 0.15) is 16.5 Å². The number of carbonyl (C=O) groups is 1. The summed E-state index contributed by atoms with van der Waals surface area (Å²) < 4.78 is 7.81. The Bertz CT molecular complexity index is 971. The highest BCUT2D eigenvalue weighted by Gasteiger charge is 2.23. The van der Waals surface area contributed by atoms with Crippen LogP contribution in [0, 0.1) is 13.8 Å². The first kappa shape index (κ1) is 17.9. The van der Waals surface area contributed by atoms with Gasteiger partial charge in [0.2, 0.25) is 0 Å². The molecule has 0 aromatic carbocycles. The van der Waals surface area contributed by atoms with Gasteiger partial charge in [0.15, 0.2) is 16.6 Å². The minimum Gasteiger partial charge on any atom is -0.459 e. The van der Waals surface area contributed by atoms with E-state index in [2.05, 4.69) is 19.7 Å². The number of hydrogen-bond acceptors (Lipinski definition) is 6. The number of rotatable bonds is 4. The summed E-state index contributed by atoms with van der Waals surface area (Å²) in [5.41, 5.74) is 0.723. The topological polar surface area (TPSA) is 77.1 Å². The van der Waals surface area contributed by atoms with Crippen LogP contribution in [-0.4, -0.2) is 37.6 Å². The van der Waals surface area contributed by atoms with Crippen molar-refractivity contribution >= 4 is 17.2 Å². The van der Waals surface area contributed by atoms with Gasteiger partial charge >= 0.3 is 0 Å². The minimum atomic E-state index is -0.0505. The Kier molecular flexibility index (Phi) is 4.82. The fraction of sp³-hybridized carbons (Fsp3) is 0.474. The first-order valence-electron chi connectivity index (χ1n) is 9.23. The third kappa shape index (κ3) is 3.53. The average molecular weight is 385 g/mol. The third-order valence-corrected chi connectivity index (χ3v) is 6.01. The largest absolute Gasteiger partial charge is 0.459 e. The van der Waals surface area contributed by atoms with Gasteiger partial charge in [-0.25, -0.2) is 4.98 Å². The molecule has 27 heavy (non-hydrogen) atoms. The highest BCUT2D eigenvalue weighted by atomic mass is 32.1. The third-order valence-electron chi connectivity index (χ3n) is 4.85. The molecule has 0 saturated carbocycles. The van der Waals surface area contributed by atoms with Crippen LogP contribution in [0.5, 0.6) is 0 Å². The van der Waals surface area contributed by atoms with Crippen molar-refractivity contribution in [1.29, 1.82) is 0 Å². The molecule has 0 unspecified atom stereocenters. The van der Waals surface area contributed by atoms with Crippen LogP contribution in [0.4, 0.5) is 0 Å². The first-order valence-corrected chi connectivity index (χ1v) is 10.0. The number of amides is 1. The second-order valence-electron chi connectivity index (χ2n) is 7.00. The summed E-state index contributed by atoms with van der Waals surface area (Å²) in [5.74, 6) is 3.37. The average Bonchev–Trinajstić information content (AvgIpc) is 3.29. The van der Waals surface area contributed by atoms with Gasteiger partial charge < -0.3 is 13.9 Å². The monoisotopic (exact) mass is 385 g/mol. The maximum atomic E-state index is 13.0. The van der Waals surface area contributed by atoms with Crippen LogP contribution in [0.15, 0.2) is 16.5 Å². The fourth-order valence-corrected chi connectivity index (χ4v) is 4.39. The molecule has 1 aliphatic rings. The molecule has 3 aromatic heterocycles. The van der Waals surface area contributed by atoms with Gasteiger partial charge in [-0.3, -0.25) is 4.79 Å². The number of furan rings is 1. The highest BCUT2D eigenvalue weighted by Crippen LogP contribution is 2.30. The lowest BCUT2D eigenvalue weighted by molar-refractivity contribution is 0.0783. The Labute approximate surface area is 162 Å². The molecule has 0 spiro atoms. The summed E-state index contributed by atoms with van der Waals surface area (Å²) in [6, 6.07) is 3.79. The molecule has 3 aromatic rings. The van der Waals surface area contributed by atoms with E-state index in [-0.39, 0.29) is 5.91 Å².